The van der Waals surface area contributed by atoms with Crippen LogP contribution in [-0.2, 0) is 5.41 Å². The second-order valence-corrected chi connectivity index (χ2v) is 12.3. The van der Waals surface area contributed by atoms with E-state index < -0.39 is 5.41 Å². The molecule has 0 spiro atoms. The van der Waals surface area contributed by atoms with Crippen LogP contribution in [0.5, 0.6) is 0 Å². The molecular weight excluding hydrogens is 563 g/mol. The second kappa shape index (κ2) is 11.5. The number of nitrogens with zero attached hydrogens (tertiary/aromatic N) is 1. The van der Waals surface area contributed by atoms with Crippen LogP contribution in [0.3, 0.4) is 0 Å². The van der Waals surface area contributed by atoms with Gasteiger partial charge in [0.25, 0.3) is 0 Å². The van der Waals surface area contributed by atoms with Crippen molar-refractivity contribution in [3.05, 3.63) is 192 Å². The second-order valence-electron chi connectivity index (χ2n) is 11.8. The first-order valence-corrected chi connectivity index (χ1v) is 16.1. The van der Waals surface area contributed by atoms with Crippen LogP contribution in [0.25, 0.3) is 22.3 Å². The Kier molecular flexibility index (Phi) is 7.00. The summed E-state index contributed by atoms with van der Waals surface area (Å²) in [6, 6.07) is 55.0. The molecule has 2 aliphatic rings. The Morgan fingerprint density at radius 1 is 0.511 bits per heavy atom. The quantitative estimate of drug-likeness (QED) is 0.187. The minimum atomic E-state index is -0.405. The van der Waals surface area contributed by atoms with Gasteiger partial charge in [-0.25, -0.2) is 0 Å². The molecule has 0 radical (unpaired) electrons. The summed E-state index contributed by atoms with van der Waals surface area (Å²) in [4.78, 5) is 3.31. The van der Waals surface area contributed by atoms with Crippen LogP contribution in [-0.4, -0.2) is 0 Å². The molecule has 1 atom stereocenters. The maximum absolute atomic E-state index is 4.60. The van der Waals surface area contributed by atoms with Crippen molar-refractivity contribution in [2.24, 2.45) is 0 Å². The van der Waals surface area contributed by atoms with E-state index in [4.69, 9.17) is 0 Å². The maximum atomic E-state index is 4.60. The number of fused-ring (bicyclic) bond motifs is 3. The van der Waals surface area contributed by atoms with Crippen LogP contribution < -0.4 is 4.90 Å². The zero-order chi connectivity index (χ0) is 30.2. The Bertz CT molecular complexity index is 2040. The van der Waals surface area contributed by atoms with Crippen LogP contribution in [0.15, 0.2) is 180 Å². The van der Waals surface area contributed by atoms with E-state index in [0.29, 0.717) is 0 Å². The molecule has 0 amide bonds. The molecule has 216 valence electrons. The fourth-order valence-corrected chi connectivity index (χ4v) is 7.41. The Morgan fingerprint density at radius 2 is 1.11 bits per heavy atom. The summed E-state index contributed by atoms with van der Waals surface area (Å²) in [6.07, 6.45) is 9.28. The number of hydrogen-bond acceptors (Lipinski definition) is 2. The highest BCUT2D eigenvalue weighted by atomic mass is 32.1. The lowest BCUT2D eigenvalue weighted by atomic mass is 9.66. The van der Waals surface area contributed by atoms with Crippen molar-refractivity contribution in [3.63, 3.8) is 0 Å². The Balaban J connectivity index is 1.35. The van der Waals surface area contributed by atoms with Crippen molar-refractivity contribution in [1.82, 2.24) is 0 Å². The third-order valence-corrected chi connectivity index (χ3v) is 9.56. The topological polar surface area (TPSA) is 3.24 Å². The fourth-order valence-electron chi connectivity index (χ4n) is 7.26. The van der Waals surface area contributed by atoms with E-state index in [1.54, 1.807) is 0 Å². The molecule has 6 aromatic carbocycles. The average Bonchev–Trinajstić information content (AvgIpc) is 3.41. The van der Waals surface area contributed by atoms with Crippen molar-refractivity contribution < 1.29 is 0 Å². The molecule has 2 aliphatic carbocycles. The third-order valence-electron chi connectivity index (χ3n) is 9.26. The molecule has 45 heavy (non-hydrogen) atoms. The first-order valence-electron chi connectivity index (χ1n) is 15.7. The van der Waals surface area contributed by atoms with Crippen LogP contribution in [0.2, 0.25) is 0 Å². The van der Waals surface area contributed by atoms with Crippen molar-refractivity contribution >= 4 is 29.7 Å². The summed E-state index contributed by atoms with van der Waals surface area (Å²) < 4.78 is 0. The van der Waals surface area contributed by atoms with E-state index in [0.717, 1.165) is 34.8 Å². The van der Waals surface area contributed by atoms with E-state index >= 15 is 0 Å². The standard InChI is InChI=1S/C43H33NS/c45-38-27-24-36(25-28-38)44(35-22-20-32(21-23-35)31-12-4-1-5-13-31)37-26-29-40-39-18-10-11-19-41(39)43(42(40)30-37,33-14-6-2-7-15-33)34-16-8-3-9-17-34/h1-2,4-8,10-30,45H,3,9H2. The number of anilines is 3. The highest BCUT2D eigenvalue weighted by Crippen LogP contribution is 2.58. The molecule has 2 heteroatoms. The van der Waals surface area contributed by atoms with Crippen molar-refractivity contribution in [2.75, 3.05) is 4.90 Å². The van der Waals surface area contributed by atoms with Crippen LogP contribution in [0.4, 0.5) is 17.1 Å². The van der Waals surface area contributed by atoms with Gasteiger partial charge in [0.05, 0.1) is 5.41 Å². The highest BCUT2D eigenvalue weighted by molar-refractivity contribution is 7.80. The smallest absolute Gasteiger partial charge is 0.0711 e. The van der Waals surface area contributed by atoms with Gasteiger partial charge in [0, 0.05) is 22.0 Å². The number of benzene rings is 6. The summed E-state index contributed by atoms with van der Waals surface area (Å²) in [5.41, 5.74) is 13.3. The lowest BCUT2D eigenvalue weighted by Gasteiger charge is -2.36. The van der Waals surface area contributed by atoms with E-state index in [1.165, 1.54) is 44.5 Å². The lowest BCUT2D eigenvalue weighted by molar-refractivity contribution is 0.751. The van der Waals surface area contributed by atoms with E-state index in [9.17, 15) is 0 Å². The van der Waals surface area contributed by atoms with Crippen LogP contribution in [0.1, 0.15) is 29.5 Å². The van der Waals surface area contributed by atoms with Crippen LogP contribution in [0, 0.1) is 0 Å². The van der Waals surface area contributed by atoms with E-state index in [2.05, 4.69) is 187 Å². The van der Waals surface area contributed by atoms with Gasteiger partial charge in [0.15, 0.2) is 0 Å². The summed E-state index contributed by atoms with van der Waals surface area (Å²) in [7, 11) is 0. The van der Waals surface area contributed by atoms with Crippen molar-refractivity contribution in [3.8, 4) is 22.3 Å². The third kappa shape index (κ3) is 4.65. The highest BCUT2D eigenvalue weighted by Gasteiger charge is 2.47. The van der Waals surface area contributed by atoms with E-state index in [1.807, 2.05) is 0 Å². The zero-order valence-corrected chi connectivity index (χ0v) is 25.9. The predicted molar refractivity (Wildman–Crippen MR) is 192 cm³/mol. The van der Waals surface area contributed by atoms with Gasteiger partial charge in [-0.3, -0.25) is 0 Å². The van der Waals surface area contributed by atoms with Gasteiger partial charge in [-0.2, -0.15) is 0 Å². The summed E-state index contributed by atoms with van der Waals surface area (Å²) in [6.45, 7) is 0. The summed E-state index contributed by atoms with van der Waals surface area (Å²) in [5.74, 6) is 0. The van der Waals surface area contributed by atoms with Crippen molar-refractivity contribution in [1.29, 1.82) is 0 Å². The molecule has 1 nitrogen and oxygen atoms in total. The zero-order valence-electron chi connectivity index (χ0n) is 25.0. The lowest BCUT2D eigenvalue weighted by Crippen LogP contribution is -2.29. The number of allylic oxidation sites excluding steroid dienone is 4. The average molecular weight is 596 g/mol. The van der Waals surface area contributed by atoms with Gasteiger partial charge >= 0.3 is 0 Å². The van der Waals surface area contributed by atoms with Crippen molar-refractivity contribution in [2.45, 2.75) is 23.2 Å². The molecule has 1 unspecified atom stereocenters. The number of hydrogen-bond donors (Lipinski definition) is 1. The monoisotopic (exact) mass is 595 g/mol. The minimum Gasteiger partial charge on any atom is -0.310 e. The number of thiol groups is 1. The summed E-state index contributed by atoms with van der Waals surface area (Å²) >= 11 is 4.60. The molecule has 0 saturated carbocycles. The molecular formula is C43H33NS. The van der Waals surface area contributed by atoms with E-state index in [-0.39, 0.29) is 0 Å². The first kappa shape index (κ1) is 27.5. The normalized spacial score (nSPS) is 16.5. The molecule has 0 N–H and O–H groups in total. The summed E-state index contributed by atoms with van der Waals surface area (Å²) in [5, 5.41) is 0. The Morgan fingerprint density at radius 3 is 1.82 bits per heavy atom. The molecule has 0 aromatic heterocycles. The molecule has 0 saturated heterocycles. The molecule has 0 bridgehead atoms. The predicted octanol–water partition coefficient (Wildman–Crippen LogP) is 11.7. The molecule has 0 aliphatic heterocycles. The maximum Gasteiger partial charge on any atom is 0.0711 e. The SMILES string of the molecule is Sc1ccc(N(c2ccc(-c3ccccc3)cc2)c2ccc3c(c2)C(C2=CCCC=C2)(c2ccccc2)c2ccccc2-3)cc1. The van der Waals surface area contributed by atoms with Crippen LogP contribution >= 0.6 is 12.6 Å². The first-order chi connectivity index (χ1) is 22.2. The van der Waals surface area contributed by atoms with Gasteiger partial charge in [-0.1, -0.05) is 121 Å². The Hall–Kier alpha value is -5.05. The fraction of sp³-hybridized carbons (Fsp3) is 0.0698. The molecule has 0 heterocycles. The molecule has 8 rings (SSSR count). The molecule has 0 fully saturated rings. The molecule has 6 aromatic rings. The van der Waals surface area contributed by atoms with Gasteiger partial charge in [0.1, 0.15) is 0 Å². The largest absolute Gasteiger partial charge is 0.310 e. The van der Waals surface area contributed by atoms with Gasteiger partial charge in [-0.05, 0) is 106 Å². The minimum absolute atomic E-state index is 0.405. The van der Waals surface area contributed by atoms with Gasteiger partial charge < -0.3 is 4.90 Å². The number of rotatable bonds is 6. The van der Waals surface area contributed by atoms with Gasteiger partial charge in [0.2, 0.25) is 0 Å². The van der Waals surface area contributed by atoms with Gasteiger partial charge in [-0.15, -0.1) is 12.6 Å². The Labute approximate surface area is 271 Å².